The lowest BCUT2D eigenvalue weighted by Crippen LogP contribution is -2.27. The molecule has 0 atom stereocenters. The number of rotatable bonds is 5. The molecular weight excluding hydrogens is 545 g/mol. The Hall–Kier alpha value is -1.52. The maximum absolute atomic E-state index is 12.7. The number of thioether (sulfide) groups is 1. The molecule has 1 aliphatic heterocycles. The summed E-state index contributed by atoms with van der Waals surface area (Å²) in [6.45, 7) is 0.256. The Labute approximate surface area is 183 Å². The van der Waals surface area contributed by atoms with E-state index >= 15 is 0 Å². The van der Waals surface area contributed by atoms with Crippen LogP contribution in [0.4, 0.5) is 4.79 Å². The van der Waals surface area contributed by atoms with E-state index in [2.05, 4.69) is 38.5 Å². The van der Waals surface area contributed by atoms with Crippen LogP contribution in [0, 0.1) is 3.57 Å². The summed E-state index contributed by atoms with van der Waals surface area (Å²) in [6.07, 6.45) is 1.69. The van der Waals surface area contributed by atoms with Crippen molar-refractivity contribution in [1.29, 1.82) is 0 Å². The van der Waals surface area contributed by atoms with E-state index in [1.54, 1.807) is 32.4 Å². The molecule has 1 heterocycles. The Morgan fingerprint density at radius 2 is 1.74 bits per heavy atom. The van der Waals surface area contributed by atoms with Crippen molar-refractivity contribution < 1.29 is 19.1 Å². The molecule has 0 aliphatic carbocycles. The zero-order chi connectivity index (χ0) is 19.6. The van der Waals surface area contributed by atoms with Gasteiger partial charge in [-0.3, -0.25) is 14.5 Å². The van der Waals surface area contributed by atoms with Crippen molar-refractivity contribution in [2.45, 2.75) is 6.54 Å². The molecule has 1 aliphatic rings. The van der Waals surface area contributed by atoms with Crippen LogP contribution in [0.2, 0.25) is 0 Å². The van der Waals surface area contributed by atoms with Gasteiger partial charge in [0.1, 0.15) is 0 Å². The number of carbonyl (C=O) groups is 2. The van der Waals surface area contributed by atoms with Crippen molar-refractivity contribution in [2.24, 2.45) is 0 Å². The van der Waals surface area contributed by atoms with E-state index in [4.69, 9.17) is 9.47 Å². The molecule has 140 valence electrons. The van der Waals surface area contributed by atoms with Crippen LogP contribution in [0.3, 0.4) is 0 Å². The largest absolute Gasteiger partial charge is 0.493 e. The maximum Gasteiger partial charge on any atom is 0.293 e. The van der Waals surface area contributed by atoms with Crippen LogP contribution >= 0.6 is 50.3 Å². The molecule has 0 N–H and O–H groups in total. The van der Waals surface area contributed by atoms with Crippen molar-refractivity contribution in [3.8, 4) is 11.5 Å². The standard InChI is InChI=1S/C19H15BrINO4S/c1-25-15-7-12(14(20)9-16(15)26-2)8-17-18(23)22(19(24)27-17)10-11-3-5-13(21)6-4-11/h3-9H,10H2,1-2H3/b17-8-. The topological polar surface area (TPSA) is 55.8 Å². The number of halogens is 2. The SMILES string of the molecule is COc1cc(Br)c(/C=C2\SC(=O)N(Cc3ccc(I)cc3)C2=O)cc1OC. The highest BCUT2D eigenvalue weighted by Crippen LogP contribution is 2.38. The number of hydrogen-bond acceptors (Lipinski definition) is 5. The van der Waals surface area contributed by atoms with Gasteiger partial charge < -0.3 is 9.47 Å². The number of ether oxygens (including phenoxy) is 2. The number of nitrogens with zero attached hydrogens (tertiary/aromatic N) is 1. The molecule has 2 aromatic rings. The first kappa shape index (κ1) is 20.2. The van der Waals surface area contributed by atoms with Gasteiger partial charge in [-0.15, -0.1) is 0 Å². The summed E-state index contributed by atoms with van der Waals surface area (Å²) in [6, 6.07) is 11.3. The average Bonchev–Trinajstić information content (AvgIpc) is 2.92. The van der Waals surface area contributed by atoms with Crippen LogP contribution < -0.4 is 9.47 Å². The van der Waals surface area contributed by atoms with Gasteiger partial charge in [0.05, 0.1) is 25.7 Å². The van der Waals surface area contributed by atoms with Gasteiger partial charge in [-0.1, -0.05) is 28.1 Å². The predicted octanol–water partition coefficient (Wildman–Crippen LogP) is 5.31. The fourth-order valence-electron chi connectivity index (χ4n) is 2.53. The van der Waals surface area contributed by atoms with Crippen molar-refractivity contribution in [2.75, 3.05) is 14.2 Å². The number of methoxy groups -OCH3 is 2. The highest BCUT2D eigenvalue weighted by atomic mass is 127. The molecule has 27 heavy (non-hydrogen) atoms. The maximum atomic E-state index is 12.7. The highest BCUT2D eigenvalue weighted by molar-refractivity contribution is 14.1. The zero-order valence-electron chi connectivity index (χ0n) is 14.5. The van der Waals surface area contributed by atoms with Crippen LogP contribution in [0.15, 0.2) is 45.8 Å². The zero-order valence-corrected chi connectivity index (χ0v) is 19.1. The summed E-state index contributed by atoms with van der Waals surface area (Å²) in [5, 5.41) is -0.276. The molecule has 2 aromatic carbocycles. The monoisotopic (exact) mass is 559 g/mol. The first-order chi connectivity index (χ1) is 12.9. The van der Waals surface area contributed by atoms with E-state index in [1.807, 2.05) is 24.3 Å². The first-order valence-electron chi connectivity index (χ1n) is 7.84. The Bertz CT molecular complexity index is 930. The summed E-state index contributed by atoms with van der Waals surface area (Å²) in [5.74, 6) is 0.823. The van der Waals surface area contributed by atoms with Gasteiger partial charge in [-0.05, 0) is 75.8 Å². The lowest BCUT2D eigenvalue weighted by molar-refractivity contribution is -0.123. The Kier molecular flexibility index (Phi) is 6.48. The molecule has 1 saturated heterocycles. The molecule has 0 bridgehead atoms. The Balaban J connectivity index is 1.87. The highest BCUT2D eigenvalue weighted by Gasteiger charge is 2.35. The van der Waals surface area contributed by atoms with E-state index in [-0.39, 0.29) is 17.7 Å². The third kappa shape index (κ3) is 4.49. The van der Waals surface area contributed by atoms with Crippen LogP contribution in [-0.2, 0) is 11.3 Å². The van der Waals surface area contributed by atoms with E-state index < -0.39 is 0 Å². The summed E-state index contributed by atoms with van der Waals surface area (Å²) < 4.78 is 12.4. The summed E-state index contributed by atoms with van der Waals surface area (Å²) in [4.78, 5) is 26.7. The Morgan fingerprint density at radius 3 is 2.37 bits per heavy atom. The molecule has 3 rings (SSSR count). The second kappa shape index (κ2) is 8.66. The van der Waals surface area contributed by atoms with Crippen molar-refractivity contribution in [1.82, 2.24) is 4.90 Å². The normalized spacial score (nSPS) is 15.6. The fraction of sp³-hybridized carbons (Fsp3) is 0.158. The third-order valence-corrected chi connectivity index (χ3v) is 6.23. The van der Waals surface area contributed by atoms with Crippen molar-refractivity contribution in [3.63, 3.8) is 0 Å². The third-order valence-electron chi connectivity index (χ3n) is 3.92. The first-order valence-corrected chi connectivity index (χ1v) is 10.5. The van der Waals surface area contributed by atoms with Crippen LogP contribution in [0.25, 0.3) is 6.08 Å². The summed E-state index contributed by atoms with van der Waals surface area (Å²) >= 11 is 6.62. The van der Waals surface area contributed by atoms with Gasteiger partial charge in [0.15, 0.2) is 11.5 Å². The van der Waals surface area contributed by atoms with E-state index in [0.717, 1.165) is 30.9 Å². The smallest absolute Gasteiger partial charge is 0.293 e. The fourth-order valence-corrected chi connectivity index (χ4v) is 4.16. The lowest BCUT2D eigenvalue weighted by Gasteiger charge is -2.12. The molecule has 0 unspecified atom stereocenters. The minimum atomic E-state index is -0.301. The molecule has 5 nitrogen and oxygen atoms in total. The summed E-state index contributed by atoms with van der Waals surface area (Å²) in [7, 11) is 3.10. The number of benzene rings is 2. The quantitative estimate of drug-likeness (QED) is 0.367. The molecule has 0 aromatic heterocycles. The average molecular weight is 560 g/mol. The van der Waals surface area contributed by atoms with Crippen LogP contribution in [0.5, 0.6) is 11.5 Å². The molecule has 8 heteroatoms. The van der Waals surface area contributed by atoms with Crippen LogP contribution in [0.1, 0.15) is 11.1 Å². The Morgan fingerprint density at radius 1 is 1.11 bits per heavy atom. The second-order valence-electron chi connectivity index (χ2n) is 5.62. The molecule has 2 amide bonds. The number of carbonyl (C=O) groups excluding carboxylic acids is 2. The minimum absolute atomic E-state index is 0.256. The van der Waals surface area contributed by atoms with E-state index in [9.17, 15) is 9.59 Å². The van der Waals surface area contributed by atoms with Crippen LogP contribution in [-0.4, -0.2) is 30.3 Å². The summed E-state index contributed by atoms with van der Waals surface area (Å²) in [5.41, 5.74) is 1.64. The minimum Gasteiger partial charge on any atom is -0.493 e. The van der Waals surface area contributed by atoms with E-state index in [0.29, 0.717) is 16.4 Å². The van der Waals surface area contributed by atoms with Crippen molar-refractivity contribution >= 4 is 67.5 Å². The molecule has 0 spiro atoms. The predicted molar refractivity (Wildman–Crippen MR) is 118 cm³/mol. The van der Waals surface area contributed by atoms with Gasteiger partial charge in [-0.25, -0.2) is 0 Å². The second-order valence-corrected chi connectivity index (χ2v) is 8.72. The van der Waals surface area contributed by atoms with Gasteiger partial charge >= 0.3 is 0 Å². The number of imide groups is 1. The van der Waals surface area contributed by atoms with E-state index in [1.165, 1.54) is 4.90 Å². The lowest BCUT2D eigenvalue weighted by atomic mass is 10.1. The van der Waals surface area contributed by atoms with Gasteiger partial charge in [0.25, 0.3) is 11.1 Å². The van der Waals surface area contributed by atoms with Gasteiger partial charge in [-0.2, -0.15) is 0 Å². The van der Waals surface area contributed by atoms with Crippen molar-refractivity contribution in [3.05, 3.63) is 60.5 Å². The molecular formula is C19H15BrINO4S. The number of hydrogen-bond donors (Lipinski definition) is 0. The van der Waals surface area contributed by atoms with Gasteiger partial charge in [0.2, 0.25) is 0 Å². The molecule has 0 saturated carbocycles. The molecule has 1 fully saturated rings. The van der Waals surface area contributed by atoms with Gasteiger partial charge in [0, 0.05) is 8.04 Å². The molecule has 0 radical (unpaired) electrons. The number of amides is 2.